The number of aryl methyl sites for hydroxylation is 2. The fourth-order valence-corrected chi connectivity index (χ4v) is 1.58. The van der Waals surface area contributed by atoms with Crippen molar-refractivity contribution < 1.29 is 4.74 Å². The van der Waals surface area contributed by atoms with E-state index in [2.05, 4.69) is 36.6 Å². The highest BCUT2D eigenvalue weighted by Crippen LogP contribution is 2.27. The highest BCUT2D eigenvalue weighted by molar-refractivity contribution is 5.59. The van der Waals surface area contributed by atoms with Crippen LogP contribution in [0.15, 0.2) is 12.1 Å². The van der Waals surface area contributed by atoms with Gasteiger partial charge in [-0.25, -0.2) is 0 Å². The molecule has 0 aliphatic rings. The van der Waals surface area contributed by atoms with E-state index >= 15 is 0 Å². The van der Waals surface area contributed by atoms with E-state index in [0.717, 1.165) is 30.9 Å². The van der Waals surface area contributed by atoms with E-state index in [0.29, 0.717) is 0 Å². The predicted molar refractivity (Wildman–Crippen MR) is 69.5 cm³/mol. The molecule has 0 amide bonds. The van der Waals surface area contributed by atoms with Gasteiger partial charge in [0.25, 0.3) is 0 Å². The van der Waals surface area contributed by atoms with E-state index in [4.69, 9.17) is 4.74 Å². The first-order valence-electron chi connectivity index (χ1n) is 5.72. The molecule has 3 heteroatoms. The summed E-state index contributed by atoms with van der Waals surface area (Å²) in [6, 6.07) is 4.23. The third-order valence-electron chi connectivity index (χ3n) is 2.73. The molecule has 0 saturated heterocycles. The van der Waals surface area contributed by atoms with Gasteiger partial charge >= 0.3 is 0 Å². The van der Waals surface area contributed by atoms with Crippen LogP contribution in [0.25, 0.3) is 0 Å². The molecule has 0 aromatic heterocycles. The van der Waals surface area contributed by atoms with Crippen molar-refractivity contribution in [1.29, 1.82) is 0 Å². The van der Waals surface area contributed by atoms with Gasteiger partial charge in [0.1, 0.15) is 5.75 Å². The molecule has 0 unspecified atom stereocenters. The summed E-state index contributed by atoms with van der Waals surface area (Å²) < 4.78 is 5.36. The van der Waals surface area contributed by atoms with Crippen LogP contribution in [0.3, 0.4) is 0 Å². The quantitative estimate of drug-likeness (QED) is 0.725. The fourth-order valence-electron chi connectivity index (χ4n) is 1.58. The standard InChI is InChI=1S/C13H22N2O/c1-10-8-12(15-7-5-6-14-3)13(16-4)9-11(10)2/h8-9,14-15H,5-7H2,1-4H3. The van der Waals surface area contributed by atoms with E-state index in [1.54, 1.807) is 7.11 Å². The first-order chi connectivity index (χ1) is 7.69. The molecular formula is C13H22N2O. The average molecular weight is 222 g/mol. The third-order valence-corrected chi connectivity index (χ3v) is 2.73. The molecular weight excluding hydrogens is 200 g/mol. The number of benzene rings is 1. The molecule has 0 spiro atoms. The maximum atomic E-state index is 5.36. The van der Waals surface area contributed by atoms with Crippen molar-refractivity contribution in [2.24, 2.45) is 0 Å². The second-order valence-corrected chi connectivity index (χ2v) is 4.02. The Morgan fingerprint density at radius 2 is 1.81 bits per heavy atom. The summed E-state index contributed by atoms with van der Waals surface area (Å²) in [5.74, 6) is 0.924. The molecule has 0 bridgehead atoms. The number of anilines is 1. The zero-order valence-electron chi connectivity index (χ0n) is 10.7. The van der Waals surface area contributed by atoms with Crippen molar-refractivity contribution >= 4 is 5.69 Å². The van der Waals surface area contributed by atoms with E-state index in [1.165, 1.54) is 11.1 Å². The number of hydrogen-bond donors (Lipinski definition) is 2. The summed E-state index contributed by atoms with van der Waals surface area (Å²) >= 11 is 0. The lowest BCUT2D eigenvalue weighted by molar-refractivity contribution is 0.416. The van der Waals surface area contributed by atoms with Crippen LogP contribution in [0.2, 0.25) is 0 Å². The van der Waals surface area contributed by atoms with Crippen LogP contribution in [0.1, 0.15) is 17.5 Å². The smallest absolute Gasteiger partial charge is 0.142 e. The van der Waals surface area contributed by atoms with Crippen LogP contribution in [0, 0.1) is 13.8 Å². The summed E-state index contributed by atoms with van der Waals surface area (Å²) in [6.45, 7) is 6.20. The summed E-state index contributed by atoms with van der Waals surface area (Å²) in [4.78, 5) is 0. The normalized spacial score (nSPS) is 10.2. The van der Waals surface area contributed by atoms with E-state index in [9.17, 15) is 0 Å². The van der Waals surface area contributed by atoms with Gasteiger partial charge in [-0.15, -0.1) is 0 Å². The minimum absolute atomic E-state index is 0.924. The van der Waals surface area contributed by atoms with Gasteiger partial charge in [0.15, 0.2) is 0 Å². The SMILES string of the molecule is CNCCCNc1cc(C)c(C)cc1OC. The van der Waals surface area contributed by atoms with E-state index in [-0.39, 0.29) is 0 Å². The highest BCUT2D eigenvalue weighted by Gasteiger charge is 2.04. The van der Waals surface area contributed by atoms with Crippen LogP contribution >= 0.6 is 0 Å². The molecule has 0 saturated carbocycles. The topological polar surface area (TPSA) is 33.3 Å². The van der Waals surface area contributed by atoms with Crippen molar-refractivity contribution in [3.8, 4) is 5.75 Å². The van der Waals surface area contributed by atoms with E-state index in [1.807, 2.05) is 7.05 Å². The monoisotopic (exact) mass is 222 g/mol. The Morgan fingerprint density at radius 3 is 2.44 bits per heavy atom. The second-order valence-electron chi connectivity index (χ2n) is 4.02. The van der Waals surface area contributed by atoms with Crippen molar-refractivity contribution in [2.45, 2.75) is 20.3 Å². The van der Waals surface area contributed by atoms with Crippen molar-refractivity contribution in [1.82, 2.24) is 5.32 Å². The Hall–Kier alpha value is -1.22. The molecule has 2 N–H and O–H groups in total. The van der Waals surface area contributed by atoms with Crippen LogP contribution in [0.4, 0.5) is 5.69 Å². The zero-order valence-corrected chi connectivity index (χ0v) is 10.7. The molecule has 1 aromatic carbocycles. The largest absolute Gasteiger partial charge is 0.495 e. The van der Waals surface area contributed by atoms with Gasteiger partial charge in [0, 0.05) is 6.54 Å². The molecule has 1 rings (SSSR count). The van der Waals surface area contributed by atoms with Gasteiger partial charge in [0.2, 0.25) is 0 Å². The van der Waals surface area contributed by atoms with Crippen LogP contribution in [-0.4, -0.2) is 27.2 Å². The number of hydrogen-bond acceptors (Lipinski definition) is 3. The fraction of sp³-hybridized carbons (Fsp3) is 0.538. The Kier molecular flexibility index (Phi) is 5.12. The number of methoxy groups -OCH3 is 1. The Balaban J connectivity index is 2.66. The van der Waals surface area contributed by atoms with Gasteiger partial charge in [-0.3, -0.25) is 0 Å². The lowest BCUT2D eigenvalue weighted by Gasteiger charge is -2.13. The summed E-state index contributed by atoms with van der Waals surface area (Å²) in [5, 5.41) is 6.53. The molecule has 16 heavy (non-hydrogen) atoms. The Labute approximate surface area is 98.2 Å². The predicted octanol–water partition coefficient (Wildman–Crippen LogP) is 2.33. The first kappa shape index (κ1) is 12.8. The van der Waals surface area contributed by atoms with Crippen molar-refractivity contribution in [3.63, 3.8) is 0 Å². The van der Waals surface area contributed by atoms with Gasteiger partial charge in [-0.1, -0.05) is 0 Å². The molecule has 0 heterocycles. The van der Waals surface area contributed by atoms with Crippen molar-refractivity contribution in [3.05, 3.63) is 23.3 Å². The lowest BCUT2D eigenvalue weighted by Crippen LogP contribution is -2.13. The molecule has 90 valence electrons. The molecule has 0 aliphatic heterocycles. The maximum Gasteiger partial charge on any atom is 0.142 e. The van der Waals surface area contributed by atoms with E-state index < -0.39 is 0 Å². The Morgan fingerprint density at radius 1 is 1.12 bits per heavy atom. The maximum absolute atomic E-state index is 5.36. The lowest BCUT2D eigenvalue weighted by atomic mass is 10.1. The molecule has 0 aliphatic carbocycles. The molecule has 0 atom stereocenters. The molecule has 3 nitrogen and oxygen atoms in total. The molecule has 0 fully saturated rings. The molecule has 0 radical (unpaired) electrons. The van der Waals surface area contributed by atoms with Crippen LogP contribution in [-0.2, 0) is 0 Å². The second kappa shape index (κ2) is 6.38. The minimum atomic E-state index is 0.924. The van der Waals surface area contributed by atoms with Crippen molar-refractivity contribution in [2.75, 3.05) is 32.6 Å². The van der Waals surface area contributed by atoms with Crippen LogP contribution < -0.4 is 15.4 Å². The number of ether oxygens (including phenoxy) is 1. The van der Waals surface area contributed by atoms with Gasteiger partial charge in [-0.05, 0) is 57.1 Å². The van der Waals surface area contributed by atoms with Gasteiger partial charge < -0.3 is 15.4 Å². The first-order valence-corrected chi connectivity index (χ1v) is 5.72. The van der Waals surface area contributed by atoms with Crippen LogP contribution in [0.5, 0.6) is 5.75 Å². The third kappa shape index (κ3) is 3.42. The average Bonchev–Trinajstić information content (AvgIpc) is 2.28. The zero-order chi connectivity index (χ0) is 12.0. The summed E-state index contributed by atoms with van der Waals surface area (Å²) in [6.07, 6.45) is 1.10. The Bertz CT molecular complexity index is 337. The highest BCUT2D eigenvalue weighted by atomic mass is 16.5. The number of nitrogens with one attached hydrogen (secondary N) is 2. The number of rotatable bonds is 6. The molecule has 1 aromatic rings. The van der Waals surface area contributed by atoms with Gasteiger partial charge in [0.05, 0.1) is 12.8 Å². The minimum Gasteiger partial charge on any atom is -0.495 e. The van der Waals surface area contributed by atoms with Gasteiger partial charge in [-0.2, -0.15) is 0 Å². The summed E-state index contributed by atoms with van der Waals surface area (Å²) in [5.41, 5.74) is 3.64. The summed E-state index contributed by atoms with van der Waals surface area (Å²) in [7, 11) is 3.68.